The standard InChI is InChI=1S/C83H160O5/c1-3-5-7-9-11-13-15-17-19-21-23-25-27-29-31-33-35-37-39-40-41-42-44-46-48-50-52-54-56-58-60-62-64-66-68-70-72-74-76-78-83(86)88-81(79-84)80-87-82(85)77-75-73-71-69-67-65-63-61-59-57-55-53-51-49-47-45-43-38-36-34-32-30-28-26-24-22-20-18-16-14-12-10-8-6-4-2/h21-24,81,84H,3-20,25-80H2,1-2H3/b23-21-,24-22-. The molecule has 0 fully saturated rings. The Morgan fingerprint density at radius 1 is 0.250 bits per heavy atom. The van der Waals surface area contributed by atoms with E-state index in [2.05, 4.69) is 38.2 Å². The molecule has 0 saturated heterocycles. The lowest BCUT2D eigenvalue weighted by Crippen LogP contribution is -2.28. The highest BCUT2D eigenvalue weighted by Gasteiger charge is 2.16. The molecule has 0 bridgehead atoms. The van der Waals surface area contributed by atoms with Crippen molar-refractivity contribution in [1.82, 2.24) is 0 Å². The lowest BCUT2D eigenvalue weighted by molar-refractivity contribution is -0.161. The fourth-order valence-corrected chi connectivity index (χ4v) is 13.1. The maximum Gasteiger partial charge on any atom is 0.306 e. The largest absolute Gasteiger partial charge is 0.462 e. The molecule has 0 aromatic heterocycles. The van der Waals surface area contributed by atoms with Crippen molar-refractivity contribution in [2.45, 2.75) is 482 Å². The summed E-state index contributed by atoms with van der Waals surface area (Å²) < 4.78 is 10.8. The van der Waals surface area contributed by atoms with Crippen LogP contribution in [0.15, 0.2) is 24.3 Å². The van der Waals surface area contributed by atoms with Gasteiger partial charge in [-0.3, -0.25) is 9.59 Å². The minimum absolute atomic E-state index is 0.0570. The van der Waals surface area contributed by atoms with Gasteiger partial charge in [0.25, 0.3) is 0 Å². The van der Waals surface area contributed by atoms with Crippen LogP contribution in [0, 0.1) is 0 Å². The number of hydrogen-bond acceptors (Lipinski definition) is 5. The summed E-state index contributed by atoms with van der Waals surface area (Å²) in [4.78, 5) is 24.7. The molecule has 0 radical (unpaired) electrons. The van der Waals surface area contributed by atoms with E-state index in [1.807, 2.05) is 0 Å². The number of hydrogen-bond donors (Lipinski definition) is 1. The van der Waals surface area contributed by atoms with Crippen molar-refractivity contribution >= 4 is 11.9 Å². The van der Waals surface area contributed by atoms with Crippen LogP contribution in [0.1, 0.15) is 476 Å². The fourth-order valence-electron chi connectivity index (χ4n) is 13.1. The van der Waals surface area contributed by atoms with Gasteiger partial charge < -0.3 is 14.6 Å². The van der Waals surface area contributed by atoms with Crippen LogP contribution < -0.4 is 0 Å². The van der Waals surface area contributed by atoms with Crippen molar-refractivity contribution in [3.63, 3.8) is 0 Å². The predicted molar refractivity (Wildman–Crippen MR) is 390 cm³/mol. The molecule has 5 heteroatoms. The smallest absolute Gasteiger partial charge is 0.306 e. The van der Waals surface area contributed by atoms with Crippen molar-refractivity contribution in [3.05, 3.63) is 24.3 Å². The maximum atomic E-state index is 12.4. The molecule has 0 amide bonds. The highest BCUT2D eigenvalue weighted by Crippen LogP contribution is 2.20. The first-order valence-corrected chi connectivity index (χ1v) is 40.9. The van der Waals surface area contributed by atoms with Gasteiger partial charge in [0.15, 0.2) is 6.10 Å². The number of rotatable bonds is 78. The van der Waals surface area contributed by atoms with E-state index in [1.165, 1.54) is 417 Å². The summed E-state index contributed by atoms with van der Waals surface area (Å²) in [7, 11) is 0. The van der Waals surface area contributed by atoms with Crippen LogP contribution >= 0.6 is 0 Å². The van der Waals surface area contributed by atoms with E-state index in [0.29, 0.717) is 12.8 Å². The monoisotopic (exact) mass is 1240 g/mol. The number of carbonyl (C=O) groups excluding carboxylic acids is 2. The summed E-state index contributed by atoms with van der Waals surface area (Å²) in [6.45, 7) is 4.22. The van der Waals surface area contributed by atoms with Gasteiger partial charge in [0.05, 0.1) is 6.61 Å². The minimum atomic E-state index is -0.769. The van der Waals surface area contributed by atoms with Crippen LogP contribution in [-0.4, -0.2) is 36.4 Å². The topological polar surface area (TPSA) is 72.8 Å². The molecule has 1 atom stereocenters. The molecule has 0 rings (SSSR count). The zero-order valence-corrected chi connectivity index (χ0v) is 60.3. The number of ether oxygens (including phenoxy) is 2. The SMILES string of the molecule is CCCCCCCCCC/C=C\CCCCCCCCCCCCCCCCCCCCCCCCCCCCCC(=O)OC(CO)COC(=O)CCCCCCCCCCCCCCCCCCCCCCCCC/C=C\CCCCCCCCCC. The number of aliphatic hydroxyl groups is 1. The second-order valence-corrected chi connectivity index (χ2v) is 28.2. The minimum Gasteiger partial charge on any atom is -0.462 e. The Bertz CT molecular complexity index is 1360. The lowest BCUT2D eigenvalue weighted by Gasteiger charge is -2.15. The molecule has 0 saturated carbocycles. The van der Waals surface area contributed by atoms with Gasteiger partial charge in [0.1, 0.15) is 6.61 Å². The van der Waals surface area contributed by atoms with Crippen molar-refractivity contribution in [2.75, 3.05) is 13.2 Å². The fraction of sp³-hybridized carbons (Fsp3) is 0.928. The van der Waals surface area contributed by atoms with E-state index in [9.17, 15) is 14.7 Å². The molecule has 88 heavy (non-hydrogen) atoms. The highest BCUT2D eigenvalue weighted by molar-refractivity contribution is 5.70. The Balaban J connectivity index is 3.34. The summed E-state index contributed by atoms with van der Waals surface area (Å²) in [5.74, 6) is -0.559. The summed E-state index contributed by atoms with van der Waals surface area (Å²) in [6.07, 6.45) is 106. The molecular formula is C83H160O5. The first kappa shape index (κ1) is 86.4. The highest BCUT2D eigenvalue weighted by atomic mass is 16.6. The van der Waals surface area contributed by atoms with Gasteiger partial charge in [-0.1, -0.05) is 423 Å². The molecule has 522 valence electrons. The first-order chi connectivity index (χ1) is 43.6. The summed E-state index contributed by atoms with van der Waals surface area (Å²) in [5.41, 5.74) is 0. The van der Waals surface area contributed by atoms with Gasteiger partial charge in [-0.25, -0.2) is 0 Å². The average Bonchev–Trinajstić information content (AvgIpc) is 3.54. The molecule has 0 aliphatic carbocycles. The molecule has 0 aromatic rings. The number of unbranched alkanes of at least 4 members (excludes halogenated alkanes) is 66. The Labute approximate surface area is 553 Å². The molecular weight excluding hydrogens is 1080 g/mol. The van der Waals surface area contributed by atoms with Crippen LogP contribution in [0.5, 0.6) is 0 Å². The van der Waals surface area contributed by atoms with Crippen LogP contribution in [0.2, 0.25) is 0 Å². The van der Waals surface area contributed by atoms with Crippen molar-refractivity contribution in [3.8, 4) is 0 Å². The molecule has 1 N–H and O–H groups in total. The van der Waals surface area contributed by atoms with Gasteiger partial charge in [-0.15, -0.1) is 0 Å². The van der Waals surface area contributed by atoms with Crippen LogP contribution in [-0.2, 0) is 19.1 Å². The van der Waals surface area contributed by atoms with Crippen LogP contribution in [0.4, 0.5) is 0 Å². The van der Waals surface area contributed by atoms with Gasteiger partial charge in [0.2, 0.25) is 0 Å². The van der Waals surface area contributed by atoms with Crippen molar-refractivity contribution < 1.29 is 24.2 Å². The first-order valence-electron chi connectivity index (χ1n) is 40.9. The number of aliphatic hydroxyl groups excluding tert-OH is 1. The third-order valence-electron chi connectivity index (χ3n) is 19.2. The van der Waals surface area contributed by atoms with Gasteiger partial charge in [-0.05, 0) is 64.2 Å². The molecule has 1 unspecified atom stereocenters. The van der Waals surface area contributed by atoms with Crippen molar-refractivity contribution in [1.29, 1.82) is 0 Å². The quantitative estimate of drug-likeness (QED) is 0.0373. The second-order valence-electron chi connectivity index (χ2n) is 28.2. The van der Waals surface area contributed by atoms with Gasteiger partial charge in [-0.2, -0.15) is 0 Å². The summed E-state index contributed by atoms with van der Waals surface area (Å²) in [6, 6.07) is 0. The Kier molecular flexibility index (Phi) is 78.2. The average molecular weight is 1240 g/mol. The van der Waals surface area contributed by atoms with Crippen LogP contribution in [0.3, 0.4) is 0 Å². The van der Waals surface area contributed by atoms with E-state index in [4.69, 9.17) is 9.47 Å². The molecule has 0 aromatic carbocycles. The van der Waals surface area contributed by atoms with Gasteiger partial charge in [0, 0.05) is 12.8 Å². The van der Waals surface area contributed by atoms with E-state index >= 15 is 0 Å². The molecule has 0 spiro atoms. The summed E-state index contributed by atoms with van der Waals surface area (Å²) >= 11 is 0. The molecule has 0 heterocycles. The second kappa shape index (κ2) is 79.6. The zero-order chi connectivity index (χ0) is 63.3. The van der Waals surface area contributed by atoms with E-state index in [0.717, 1.165) is 32.1 Å². The van der Waals surface area contributed by atoms with E-state index < -0.39 is 6.10 Å². The Hall–Kier alpha value is -1.62. The van der Waals surface area contributed by atoms with E-state index in [1.54, 1.807) is 0 Å². The number of allylic oxidation sites excluding steroid dienone is 4. The Morgan fingerprint density at radius 3 is 0.614 bits per heavy atom. The zero-order valence-electron chi connectivity index (χ0n) is 60.3. The summed E-state index contributed by atoms with van der Waals surface area (Å²) in [5, 5.41) is 9.73. The molecule has 0 aliphatic heterocycles. The van der Waals surface area contributed by atoms with E-state index in [-0.39, 0.29) is 25.2 Å². The maximum absolute atomic E-state index is 12.4. The van der Waals surface area contributed by atoms with Gasteiger partial charge >= 0.3 is 11.9 Å². The Morgan fingerprint density at radius 2 is 0.420 bits per heavy atom. The number of esters is 2. The number of carbonyl (C=O) groups is 2. The third kappa shape index (κ3) is 76.8. The normalized spacial score (nSPS) is 12.2. The lowest BCUT2D eigenvalue weighted by atomic mass is 10.0. The van der Waals surface area contributed by atoms with Crippen LogP contribution in [0.25, 0.3) is 0 Å². The van der Waals surface area contributed by atoms with Crippen molar-refractivity contribution in [2.24, 2.45) is 0 Å². The predicted octanol–water partition coefficient (Wildman–Crippen LogP) is 28.7. The molecule has 5 nitrogen and oxygen atoms in total. The third-order valence-corrected chi connectivity index (χ3v) is 19.2. The molecule has 0 aliphatic rings.